The van der Waals surface area contributed by atoms with E-state index < -0.39 is 11.8 Å². The Morgan fingerprint density at radius 2 is 1.93 bits per heavy atom. The number of rotatable bonds is 9. The summed E-state index contributed by atoms with van der Waals surface area (Å²) in [6.07, 6.45) is 3.20. The van der Waals surface area contributed by atoms with Gasteiger partial charge in [0.2, 0.25) is 11.8 Å². The third-order valence-corrected chi connectivity index (χ3v) is 4.17. The van der Waals surface area contributed by atoms with E-state index >= 15 is 0 Å². The number of hydrogen-bond donors (Lipinski definition) is 3. The molecule has 0 bridgehead atoms. The number of amides is 2. The third kappa shape index (κ3) is 4.92. The van der Waals surface area contributed by atoms with Crippen molar-refractivity contribution in [1.29, 1.82) is 0 Å². The van der Waals surface area contributed by atoms with Gasteiger partial charge in [0.15, 0.2) is 0 Å². The minimum Gasteiger partial charge on any atom is -0.491 e. The van der Waals surface area contributed by atoms with Crippen LogP contribution in [0, 0.1) is 0 Å². The molecular weight excluding hydrogens is 386 g/mol. The van der Waals surface area contributed by atoms with Gasteiger partial charge in [-0.2, -0.15) is 0 Å². The van der Waals surface area contributed by atoms with Crippen LogP contribution in [0.25, 0.3) is 10.9 Å². The molecule has 0 saturated carbocycles. The number of aliphatic hydroxyl groups is 1. The molecule has 0 aliphatic heterocycles. The molecule has 0 spiro atoms. The number of ether oxygens (including phenoxy) is 2. The number of fused-ring (bicyclic) bond motifs is 1. The van der Waals surface area contributed by atoms with Crippen LogP contribution in [-0.2, 0) is 4.79 Å². The summed E-state index contributed by atoms with van der Waals surface area (Å²) >= 11 is 0. The molecule has 3 aromatic rings. The van der Waals surface area contributed by atoms with Gasteiger partial charge in [0.05, 0.1) is 17.8 Å². The number of aliphatic hydroxyl groups excluding tert-OH is 1. The number of carbonyl (C=O) groups is 2. The van der Waals surface area contributed by atoms with E-state index in [0.29, 0.717) is 45.8 Å². The molecular formula is C22H21N3O5. The van der Waals surface area contributed by atoms with Gasteiger partial charge in [0.25, 0.3) is 0 Å². The van der Waals surface area contributed by atoms with Crippen molar-refractivity contribution >= 4 is 28.4 Å². The Labute approximate surface area is 172 Å². The second kappa shape index (κ2) is 9.53. The van der Waals surface area contributed by atoms with Crippen LogP contribution < -0.4 is 20.5 Å². The topological polar surface area (TPSA) is 124 Å². The number of aromatic nitrogens is 1. The van der Waals surface area contributed by atoms with Crippen molar-refractivity contribution in [3.05, 3.63) is 66.9 Å². The van der Waals surface area contributed by atoms with Gasteiger partial charge in [0, 0.05) is 36.2 Å². The standard InChI is InChI=1S/C22H21N3O5/c1-2-21(27)25-18-12-16-17(13-20(18)29-11-3-10-26)24-9-8-19(16)30-15-6-4-14(5-7-15)22(23)28/h2,4-9,12-13,26H,1,3,10-11H2,(H2,23,28)(H,25,27). The lowest BCUT2D eigenvalue weighted by atomic mass is 10.1. The summed E-state index contributed by atoms with van der Waals surface area (Å²) in [6, 6.07) is 11.5. The number of benzene rings is 2. The van der Waals surface area contributed by atoms with Crippen molar-refractivity contribution in [2.45, 2.75) is 6.42 Å². The molecule has 1 aromatic heterocycles. The highest BCUT2D eigenvalue weighted by Crippen LogP contribution is 2.36. The molecule has 2 aromatic carbocycles. The number of pyridine rings is 1. The molecule has 0 fully saturated rings. The van der Waals surface area contributed by atoms with Crippen LogP contribution in [0.1, 0.15) is 16.8 Å². The largest absolute Gasteiger partial charge is 0.491 e. The molecule has 0 aliphatic rings. The summed E-state index contributed by atoms with van der Waals surface area (Å²) in [5.41, 5.74) is 6.65. The van der Waals surface area contributed by atoms with Crippen molar-refractivity contribution in [2.75, 3.05) is 18.5 Å². The van der Waals surface area contributed by atoms with Gasteiger partial charge in [-0.1, -0.05) is 6.58 Å². The molecule has 8 heteroatoms. The molecule has 30 heavy (non-hydrogen) atoms. The molecule has 0 aliphatic carbocycles. The second-order valence-electron chi connectivity index (χ2n) is 6.28. The number of anilines is 1. The van der Waals surface area contributed by atoms with E-state index in [1.165, 1.54) is 0 Å². The Balaban J connectivity index is 1.98. The summed E-state index contributed by atoms with van der Waals surface area (Å²) in [5, 5.41) is 12.3. The zero-order valence-corrected chi connectivity index (χ0v) is 16.1. The fourth-order valence-corrected chi connectivity index (χ4v) is 2.70. The zero-order chi connectivity index (χ0) is 21.5. The lowest BCUT2D eigenvalue weighted by Gasteiger charge is -2.15. The fraction of sp³-hybridized carbons (Fsp3) is 0.136. The minimum atomic E-state index is -0.521. The minimum absolute atomic E-state index is 0.00723. The Morgan fingerprint density at radius 1 is 1.17 bits per heavy atom. The molecule has 1 heterocycles. The monoisotopic (exact) mass is 407 g/mol. The van der Waals surface area contributed by atoms with Crippen molar-refractivity contribution < 1.29 is 24.2 Å². The average Bonchev–Trinajstić information content (AvgIpc) is 2.75. The van der Waals surface area contributed by atoms with Crippen molar-refractivity contribution in [1.82, 2.24) is 4.98 Å². The van der Waals surface area contributed by atoms with Crippen LogP contribution in [0.5, 0.6) is 17.2 Å². The lowest BCUT2D eigenvalue weighted by molar-refractivity contribution is -0.111. The van der Waals surface area contributed by atoms with E-state index in [1.54, 1.807) is 48.7 Å². The molecule has 3 rings (SSSR count). The highest BCUT2D eigenvalue weighted by atomic mass is 16.5. The van der Waals surface area contributed by atoms with Gasteiger partial charge < -0.3 is 25.6 Å². The smallest absolute Gasteiger partial charge is 0.248 e. The summed E-state index contributed by atoms with van der Waals surface area (Å²) in [6.45, 7) is 3.73. The summed E-state index contributed by atoms with van der Waals surface area (Å²) in [5.74, 6) is 0.513. The third-order valence-electron chi connectivity index (χ3n) is 4.17. The molecule has 0 atom stereocenters. The first kappa shape index (κ1) is 20.8. The average molecular weight is 407 g/mol. The summed E-state index contributed by atoms with van der Waals surface area (Å²) in [4.78, 5) is 27.4. The Morgan fingerprint density at radius 3 is 2.60 bits per heavy atom. The molecule has 2 amide bonds. The maximum atomic E-state index is 11.9. The van der Waals surface area contributed by atoms with Crippen molar-refractivity contribution in [3.8, 4) is 17.2 Å². The van der Waals surface area contributed by atoms with Crippen LogP contribution >= 0.6 is 0 Å². The SMILES string of the molecule is C=CC(=O)Nc1cc2c(Oc3ccc(C(N)=O)cc3)ccnc2cc1OCCCO. The molecule has 0 saturated heterocycles. The quantitative estimate of drug-likeness (QED) is 0.370. The van der Waals surface area contributed by atoms with Gasteiger partial charge in [-0.05, 0) is 42.5 Å². The van der Waals surface area contributed by atoms with Gasteiger partial charge in [-0.15, -0.1) is 0 Å². The normalized spacial score (nSPS) is 10.4. The van der Waals surface area contributed by atoms with Gasteiger partial charge in [-0.25, -0.2) is 0 Å². The van der Waals surface area contributed by atoms with Gasteiger partial charge >= 0.3 is 0 Å². The number of nitrogens with one attached hydrogen (secondary N) is 1. The van der Waals surface area contributed by atoms with E-state index in [-0.39, 0.29) is 13.2 Å². The summed E-state index contributed by atoms with van der Waals surface area (Å²) < 4.78 is 11.6. The Kier molecular flexibility index (Phi) is 6.61. The van der Waals surface area contributed by atoms with Crippen LogP contribution in [0.4, 0.5) is 5.69 Å². The highest BCUT2D eigenvalue weighted by molar-refractivity contribution is 6.02. The molecule has 0 unspecified atom stereocenters. The van der Waals surface area contributed by atoms with E-state index in [4.69, 9.17) is 20.3 Å². The number of nitrogens with two attached hydrogens (primary N) is 1. The number of primary amides is 1. The lowest BCUT2D eigenvalue weighted by Crippen LogP contribution is -2.10. The number of hydrogen-bond acceptors (Lipinski definition) is 6. The van der Waals surface area contributed by atoms with Crippen molar-refractivity contribution in [3.63, 3.8) is 0 Å². The molecule has 4 N–H and O–H groups in total. The van der Waals surface area contributed by atoms with Crippen molar-refractivity contribution in [2.24, 2.45) is 5.73 Å². The van der Waals surface area contributed by atoms with E-state index in [2.05, 4.69) is 16.9 Å². The van der Waals surface area contributed by atoms with Gasteiger partial charge in [-0.3, -0.25) is 14.6 Å². The number of carbonyl (C=O) groups excluding carboxylic acids is 2. The highest BCUT2D eigenvalue weighted by Gasteiger charge is 2.13. The first-order chi connectivity index (χ1) is 14.5. The molecule has 8 nitrogen and oxygen atoms in total. The van der Waals surface area contributed by atoms with Crippen LogP contribution in [0.3, 0.4) is 0 Å². The van der Waals surface area contributed by atoms with Crippen LogP contribution in [0.2, 0.25) is 0 Å². The Bertz CT molecular complexity index is 1080. The second-order valence-corrected chi connectivity index (χ2v) is 6.28. The fourth-order valence-electron chi connectivity index (χ4n) is 2.70. The zero-order valence-electron chi connectivity index (χ0n) is 16.1. The predicted octanol–water partition coefficient (Wildman–Crippen LogP) is 3.01. The first-order valence-corrected chi connectivity index (χ1v) is 9.19. The van der Waals surface area contributed by atoms with Crippen LogP contribution in [0.15, 0.2) is 61.3 Å². The first-order valence-electron chi connectivity index (χ1n) is 9.19. The van der Waals surface area contributed by atoms with E-state index in [1.807, 2.05) is 0 Å². The van der Waals surface area contributed by atoms with Crippen LogP contribution in [-0.4, -0.2) is 35.1 Å². The van der Waals surface area contributed by atoms with E-state index in [0.717, 1.165) is 6.08 Å². The van der Waals surface area contributed by atoms with Gasteiger partial charge in [0.1, 0.15) is 17.2 Å². The Hall–Kier alpha value is -3.91. The maximum Gasteiger partial charge on any atom is 0.248 e. The number of nitrogens with zero attached hydrogens (tertiary/aromatic N) is 1. The molecule has 154 valence electrons. The predicted molar refractivity (Wildman–Crippen MR) is 113 cm³/mol. The maximum absolute atomic E-state index is 11.9. The summed E-state index contributed by atoms with van der Waals surface area (Å²) in [7, 11) is 0. The van der Waals surface area contributed by atoms with E-state index in [9.17, 15) is 9.59 Å². The molecule has 0 radical (unpaired) electrons.